The van der Waals surface area contributed by atoms with Gasteiger partial charge in [-0.3, -0.25) is 10.2 Å². The molecule has 254 valence electrons. The fourth-order valence-electron chi connectivity index (χ4n) is 6.64. The molecule has 2 amide bonds. The van der Waals surface area contributed by atoms with Gasteiger partial charge in [0.1, 0.15) is 12.2 Å². The van der Waals surface area contributed by atoms with Crippen molar-refractivity contribution < 1.29 is 28.4 Å². The van der Waals surface area contributed by atoms with Crippen LogP contribution in [0.1, 0.15) is 76.6 Å². The van der Waals surface area contributed by atoms with Crippen LogP contribution < -0.4 is 10.8 Å². The predicted octanol–water partition coefficient (Wildman–Crippen LogP) is 6.71. The molecule has 0 atom stereocenters. The van der Waals surface area contributed by atoms with Crippen molar-refractivity contribution in [2.24, 2.45) is 0 Å². The van der Waals surface area contributed by atoms with Crippen LogP contribution in [0.25, 0.3) is 11.1 Å². The number of piperazine rings is 1. The summed E-state index contributed by atoms with van der Waals surface area (Å²) < 4.78 is 24.3. The molecule has 0 bridgehead atoms. The van der Waals surface area contributed by atoms with E-state index in [-0.39, 0.29) is 12.0 Å². The lowest BCUT2D eigenvalue weighted by Gasteiger charge is -2.34. The maximum absolute atomic E-state index is 13.2. The molecular formula is C38H48BN3O6. The third-order valence-electron chi connectivity index (χ3n) is 10.1. The fraction of sp³-hybridized carbons (Fsp3) is 0.474. The highest BCUT2D eigenvalue weighted by molar-refractivity contribution is 6.62. The van der Waals surface area contributed by atoms with Gasteiger partial charge in [-0.2, -0.15) is 0 Å². The molecule has 2 fully saturated rings. The number of ether oxygens (including phenoxy) is 2. The number of rotatable bonds is 6. The zero-order valence-corrected chi connectivity index (χ0v) is 29.5. The minimum absolute atomic E-state index is 0.0327. The van der Waals surface area contributed by atoms with E-state index < -0.39 is 30.0 Å². The molecule has 9 nitrogen and oxygen atoms in total. The Labute approximate surface area is 285 Å². The number of nitrogens with zero attached hydrogens (tertiary/aromatic N) is 2. The zero-order valence-electron chi connectivity index (χ0n) is 29.5. The number of anilines is 1. The number of carbonyl (C=O) groups excluding carboxylic acids is 2. The standard InChI is InChI=1S/C38H48BN3O6/c1-25-26(21-27(39-47-37(5,6)38(7,8)48-39)22-33(25)40-34(43)46-36(2,3)4)23-41-17-19-42(20-18-41)35(44)45-24-32-30-15-11-9-13-28(30)29-14-10-12-16-31(29)32/h9-16,21-22,32H,17-20,23-24H2,1-8H3,(H,40,43). The number of hydrogen-bond acceptors (Lipinski definition) is 7. The zero-order chi connectivity index (χ0) is 34.4. The molecule has 3 aromatic carbocycles. The second kappa shape index (κ2) is 12.9. The van der Waals surface area contributed by atoms with E-state index in [1.54, 1.807) is 4.90 Å². The van der Waals surface area contributed by atoms with Gasteiger partial charge in [0.05, 0.1) is 11.2 Å². The first-order valence-corrected chi connectivity index (χ1v) is 16.9. The molecule has 3 aromatic rings. The number of hydrogen-bond donors (Lipinski definition) is 1. The molecule has 1 N–H and O–H groups in total. The Morgan fingerprint density at radius 3 is 2.02 bits per heavy atom. The second-order valence-corrected chi connectivity index (χ2v) is 15.1. The molecule has 48 heavy (non-hydrogen) atoms. The molecule has 3 aliphatic rings. The molecule has 0 saturated carbocycles. The average Bonchev–Trinajstić information content (AvgIpc) is 3.45. The summed E-state index contributed by atoms with van der Waals surface area (Å²) in [6.45, 7) is 19.1. The van der Waals surface area contributed by atoms with Crippen LogP contribution in [-0.4, -0.2) is 78.7 Å². The molecule has 10 heteroatoms. The highest BCUT2D eigenvalue weighted by atomic mass is 16.7. The number of fused-ring (bicyclic) bond motifs is 3. The summed E-state index contributed by atoms with van der Waals surface area (Å²) in [6, 6.07) is 20.8. The van der Waals surface area contributed by atoms with E-state index in [2.05, 4.69) is 52.7 Å². The van der Waals surface area contributed by atoms with Gasteiger partial charge >= 0.3 is 19.3 Å². The first kappa shape index (κ1) is 34.0. The van der Waals surface area contributed by atoms with Gasteiger partial charge in [-0.1, -0.05) is 54.6 Å². The largest absolute Gasteiger partial charge is 0.494 e. The molecule has 2 saturated heterocycles. The summed E-state index contributed by atoms with van der Waals surface area (Å²) in [6.07, 6.45) is -0.793. The Kier molecular flexibility index (Phi) is 9.13. The van der Waals surface area contributed by atoms with E-state index in [0.717, 1.165) is 16.6 Å². The molecule has 6 rings (SSSR count). The number of benzene rings is 3. The van der Waals surface area contributed by atoms with Crippen LogP contribution in [0.15, 0.2) is 60.7 Å². The van der Waals surface area contributed by atoms with Gasteiger partial charge in [0.15, 0.2) is 0 Å². The molecule has 0 aromatic heterocycles. The van der Waals surface area contributed by atoms with E-state index in [1.165, 1.54) is 22.3 Å². The van der Waals surface area contributed by atoms with Gasteiger partial charge in [0.2, 0.25) is 0 Å². The predicted molar refractivity (Wildman–Crippen MR) is 189 cm³/mol. The second-order valence-electron chi connectivity index (χ2n) is 15.1. The number of nitrogens with one attached hydrogen (secondary N) is 1. The minimum atomic E-state index is -0.628. The first-order valence-electron chi connectivity index (χ1n) is 16.9. The van der Waals surface area contributed by atoms with E-state index in [0.29, 0.717) is 45.0 Å². The Morgan fingerprint density at radius 2 is 1.46 bits per heavy atom. The molecular weight excluding hydrogens is 605 g/mol. The first-order chi connectivity index (χ1) is 22.6. The Morgan fingerprint density at radius 1 is 0.896 bits per heavy atom. The van der Waals surface area contributed by atoms with Crippen molar-refractivity contribution in [3.63, 3.8) is 0 Å². The molecule has 2 aliphatic heterocycles. The van der Waals surface area contributed by atoms with Gasteiger partial charge in [-0.05, 0) is 100 Å². The molecule has 0 spiro atoms. The quantitative estimate of drug-likeness (QED) is 0.296. The van der Waals surface area contributed by atoms with Crippen LogP contribution >= 0.6 is 0 Å². The van der Waals surface area contributed by atoms with Crippen LogP contribution in [0.4, 0.5) is 15.3 Å². The molecule has 0 unspecified atom stereocenters. The van der Waals surface area contributed by atoms with Crippen molar-refractivity contribution in [1.82, 2.24) is 9.80 Å². The average molecular weight is 654 g/mol. The molecule has 0 radical (unpaired) electrons. The highest BCUT2D eigenvalue weighted by Gasteiger charge is 2.52. The number of carbonyl (C=O) groups is 2. The van der Waals surface area contributed by atoms with E-state index in [4.69, 9.17) is 18.8 Å². The van der Waals surface area contributed by atoms with Gasteiger partial charge < -0.3 is 23.7 Å². The van der Waals surface area contributed by atoms with E-state index in [1.807, 2.05) is 73.6 Å². The maximum Gasteiger partial charge on any atom is 0.494 e. The number of amides is 2. The fourth-order valence-corrected chi connectivity index (χ4v) is 6.64. The van der Waals surface area contributed by atoms with Crippen LogP contribution in [0, 0.1) is 6.92 Å². The normalized spacial score (nSPS) is 18.8. The molecule has 1 aliphatic carbocycles. The Hall–Kier alpha value is -3.86. The summed E-state index contributed by atoms with van der Waals surface area (Å²) in [7, 11) is -0.584. The van der Waals surface area contributed by atoms with E-state index in [9.17, 15) is 9.59 Å². The van der Waals surface area contributed by atoms with Crippen molar-refractivity contribution in [3.8, 4) is 11.1 Å². The summed E-state index contributed by atoms with van der Waals surface area (Å²) in [5.74, 6) is 0.0327. The lowest BCUT2D eigenvalue weighted by Crippen LogP contribution is -2.48. The van der Waals surface area contributed by atoms with Crippen LogP contribution in [-0.2, 0) is 25.3 Å². The summed E-state index contributed by atoms with van der Waals surface area (Å²) in [5, 5.41) is 2.96. The third kappa shape index (κ3) is 6.97. The van der Waals surface area contributed by atoms with Crippen LogP contribution in [0.3, 0.4) is 0 Å². The lowest BCUT2D eigenvalue weighted by atomic mass is 9.77. The van der Waals surface area contributed by atoms with Crippen molar-refractivity contribution in [1.29, 1.82) is 0 Å². The smallest absolute Gasteiger partial charge is 0.448 e. The highest BCUT2D eigenvalue weighted by Crippen LogP contribution is 2.44. The van der Waals surface area contributed by atoms with Gasteiger partial charge in [-0.15, -0.1) is 0 Å². The monoisotopic (exact) mass is 653 g/mol. The third-order valence-corrected chi connectivity index (χ3v) is 10.1. The Balaban J connectivity index is 1.12. The van der Waals surface area contributed by atoms with Crippen molar-refractivity contribution >= 4 is 30.5 Å². The van der Waals surface area contributed by atoms with Gasteiger partial charge in [-0.25, -0.2) is 9.59 Å². The summed E-state index contributed by atoms with van der Waals surface area (Å²) in [4.78, 5) is 30.2. The molecule has 2 heterocycles. The van der Waals surface area contributed by atoms with Crippen molar-refractivity contribution in [3.05, 3.63) is 82.9 Å². The SMILES string of the molecule is Cc1c(CN2CCN(C(=O)OCC3c4ccccc4-c4ccccc43)CC2)cc(B2OC(C)(C)C(C)(C)O2)cc1NC(=O)OC(C)(C)C. The topological polar surface area (TPSA) is 89.6 Å². The minimum Gasteiger partial charge on any atom is -0.448 e. The van der Waals surface area contributed by atoms with Crippen LogP contribution in [0.5, 0.6) is 0 Å². The van der Waals surface area contributed by atoms with E-state index >= 15 is 0 Å². The summed E-state index contributed by atoms with van der Waals surface area (Å²) in [5.41, 5.74) is 6.68. The maximum atomic E-state index is 13.2. The lowest BCUT2D eigenvalue weighted by molar-refractivity contribution is 0.00578. The van der Waals surface area contributed by atoms with Gasteiger partial charge in [0, 0.05) is 44.3 Å². The van der Waals surface area contributed by atoms with Crippen molar-refractivity contribution in [2.75, 3.05) is 38.1 Å². The summed E-state index contributed by atoms with van der Waals surface area (Å²) >= 11 is 0. The van der Waals surface area contributed by atoms with Crippen molar-refractivity contribution in [2.45, 2.75) is 84.7 Å². The van der Waals surface area contributed by atoms with Gasteiger partial charge in [0.25, 0.3) is 0 Å². The Bertz CT molecular complexity index is 1630. The van der Waals surface area contributed by atoms with Crippen LogP contribution in [0.2, 0.25) is 0 Å².